The van der Waals surface area contributed by atoms with Crippen molar-refractivity contribution >= 4 is 24.1 Å². The van der Waals surface area contributed by atoms with Crippen LogP contribution in [0.25, 0.3) is 0 Å². The van der Waals surface area contributed by atoms with E-state index >= 15 is 0 Å². The van der Waals surface area contributed by atoms with Gasteiger partial charge in [0, 0.05) is 25.1 Å². The Balaban J connectivity index is 1.17. The zero-order chi connectivity index (χ0) is 53.6. The molecule has 2 aliphatic rings. The van der Waals surface area contributed by atoms with Crippen molar-refractivity contribution < 1.29 is 53.8 Å². The Morgan fingerprint density at radius 2 is 0.871 bits per heavy atom. The molecule has 13 heteroatoms. The van der Waals surface area contributed by atoms with Crippen molar-refractivity contribution in [2.75, 3.05) is 13.1 Å². The number of hydrogen-bond acceptors (Lipinski definition) is 11. The van der Waals surface area contributed by atoms with Crippen LogP contribution in [0.5, 0.6) is 0 Å². The molecule has 0 saturated carbocycles. The predicted molar refractivity (Wildman–Crippen MR) is 265 cm³/mol. The standard InChI is InChI=1S/C57H67N3O10/c1-56(2,3)69-54(65)59-46(52(63)67-50(42-28-18-10-19-29-42)48(59)40-24-14-8-15-25-40)34-32-44(61)37-58(36-39-22-12-7-13-23-39)38-45(62)33-35-47-53(64)68-51(43-30-20-11-21-31-43)49(41-26-16-9-17-27-41)60(47)55(66)70-57(4,5)6/h7-31,44-51,61-62H,32-38H2,1-6H3/t44-,45-,46?,47?,48-,49-,50+,51+/m0/s1/i34D2,35D2. The number of ether oxygens (including phenoxy) is 4. The van der Waals surface area contributed by atoms with E-state index in [1.807, 2.05) is 18.2 Å². The summed E-state index contributed by atoms with van der Waals surface area (Å²) in [4.78, 5) is 61.4. The first-order valence-corrected chi connectivity index (χ1v) is 23.7. The van der Waals surface area contributed by atoms with Gasteiger partial charge in [-0.15, -0.1) is 0 Å². The smallest absolute Gasteiger partial charge is 0.411 e. The lowest BCUT2D eigenvalue weighted by Crippen LogP contribution is -2.55. The summed E-state index contributed by atoms with van der Waals surface area (Å²) in [6.45, 7) is 9.45. The molecule has 2 aliphatic heterocycles. The van der Waals surface area contributed by atoms with Crippen LogP contribution in [-0.2, 0) is 35.1 Å². The van der Waals surface area contributed by atoms with Gasteiger partial charge in [-0.25, -0.2) is 19.2 Å². The van der Waals surface area contributed by atoms with Crippen molar-refractivity contribution in [2.24, 2.45) is 0 Å². The van der Waals surface area contributed by atoms with Crippen molar-refractivity contribution in [3.05, 3.63) is 179 Å². The van der Waals surface area contributed by atoms with Gasteiger partial charge in [-0.1, -0.05) is 152 Å². The summed E-state index contributed by atoms with van der Waals surface area (Å²) in [5, 5.41) is 23.9. The van der Waals surface area contributed by atoms with Crippen molar-refractivity contribution in [1.82, 2.24) is 14.7 Å². The van der Waals surface area contributed by atoms with Gasteiger partial charge in [0.15, 0.2) is 12.2 Å². The minimum atomic E-state index is -2.66. The van der Waals surface area contributed by atoms with Crippen LogP contribution in [0.15, 0.2) is 152 Å². The molecule has 8 atom stereocenters. The fourth-order valence-electron chi connectivity index (χ4n) is 8.80. The van der Waals surface area contributed by atoms with E-state index in [1.165, 1.54) is 0 Å². The second-order valence-electron chi connectivity index (χ2n) is 19.6. The SMILES string of the molecule is [2H]C([2H])(C[C@H](O)CN(Cc1ccccc1)C[C@@H](O)CC([2H])([2H])C1C(=O)O[C@H](c2ccccc2)[C@H](c2ccccc2)N1C(=O)OC(C)(C)C)C1C(=O)O[C@H](c2ccccc2)[C@H](c2ccccc2)N1C(=O)OC(C)(C)C. The van der Waals surface area contributed by atoms with Gasteiger partial charge in [-0.05, 0) is 94.9 Å². The van der Waals surface area contributed by atoms with Gasteiger partial charge in [-0.2, -0.15) is 0 Å². The highest BCUT2D eigenvalue weighted by Crippen LogP contribution is 2.45. The van der Waals surface area contributed by atoms with Crippen LogP contribution in [0.4, 0.5) is 9.59 Å². The van der Waals surface area contributed by atoms with Gasteiger partial charge >= 0.3 is 24.1 Å². The second-order valence-corrected chi connectivity index (χ2v) is 19.6. The highest BCUT2D eigenvalue weighted by Gasteiger charge is 2.50. The molecule has 2 fully saturated rings. The normalized spacial score (nSPS) is 22.9. The van der Waals surface area contributed by atoms with E-state index in [0.717, 1.165) is 15.4 Å². The molecule has 7 rings (SSSR count). The number of nitrogens with zero attached hydrogens (tertiary/aromatic N) is 3. The fraction of sp³-hybridized carbons (Fsp3) is 0.404. The van der Waals surface area contributed by atoms with Crippen molar-refractivity contribution in [3.8, 4) is 0 Å². The molecule has 5 aromatic carbocycles. The number of cyclic esters (lactones) is 2. The molecule has 0 spiro atoms. The van der Waals surface area contributed by atoms with Crippen LogP contribution < -0.4 is 0 Å². The average molecular weight is 958 g/mol. The highest BCUT2D eigenvalue weighted by atomic mass is 16.6. The van der Waals surface area contributed by atoms with E-state index in [9.17, 15) is 34.9 Å². The van der Waals surface area contributed by atoms with E-state index in [-0.39, 0.29) is 19.6 Å². The Labute approximate surface area is 417 Å². The first-order chi connectivity index (χ1) is 34.9. The number of benzene rings is 5. The molecule has 2 N–H and O–H groups in total. The Morgan fingerprint density at radius 3 is 1.20 bits per heavy atom. The maximum atomic E-state index is 14.4. The number of carbonyl (C=O) groups is 4. The molecule has 2 heterocycles. The largest absolute Gasteiger partial charge is 0.453 e. The molecule has 2 saturated heterocycles. The summed E-state index contributed by atoms with van der Waals surface area (Å²) in [7, 11) is 0. The van der Waals surface area contributed by atoms with Crippen molar-refractivity contribution in [1.29, 1.82) is 0 Å². The van der Waals surface area contributed by atoms with E-state index < -0.39 is 109 Å². The molecular formula is C57H67N3O10. The van der Waals surface area contributed by atoms with Gasteiger partial charge in [0.1, 0.15) is 35.4 Å². The van der Waals surface area contributed by atoms with Crippen LogP contribution >= 0.6 is 0 Å². The summed E-state index contributed by atoms with van der Waals surface area (Å²) in [5.41, 5.74) is 0.864. The van der Waals surface area contributed by atoms with Crippen LogP contribution in [0, 0.1) is 0 Å². The first-order valence-electron chi connectivity index (χ1n) is 25.7. The Kier molecular flexibility index (Phi) is 15.0. The lowest BCUT2D eigenvalue weighted by molar-refractivity contribution is -0.175. The van der Waals surface area contributed by atoms with Gasteiger partial charge in [-0.3, -0.25) is 14.7 Å². The molecule has 0 bridgehead atoms. The first kappa shape index (κ1) is 45.9. The summed E-state index contributed by atoms with van der Waals surface area (Å²) in [6, 6.07) is 38.4. The van der Waals surface area contributed by atoms with E-state index in [0.29, 0.717) is 22.3 Å². The van der Waals surface area contributed by atoms with E-state index in [2.05, 4.69) is 0 Å². The van der Waals surface area contributed by atoms with E-state index in [4.69, 9.17) is 18.9 Å². The third-order valence-electron chi connectivity index (χ3n) is 11.7. The molecule has 2 unspecified atom stereocenters. The minimum absolute atomic E-state index is 0.0929. The summed E-state index contributed by atoms with van der Waals surface area (Å²) >= 11 is 0. The van der Waals surface area contributed by atoms with Gasteiger partial charge in [0.2, 0.25) is 0 Å². The maximum absolute atomic E-state index is 14.4. The molecule has 70 heavy (non-hydrogen) atoms. The quantitative estimate of drug-likeness (QED) is 0.0717. The van der Waals surface area contributed by atoms with Crippen LogP contribution in [0.1, 0.15) is 125 Å². The Hall–Kier alpha value is -6.54. The van der Waals surface area contributed by atoms with Gasteiger partial charge in [0.05, 0.1) is 12.2 Å². The molecule has 0 radical (unpaired) electrons. The highest BCUT2D eigenvalue weighted by molar-refractivity contribution is 5.84. The lowest BCUT2D eigenvalue weighted by atomic mass is 9.90. The molecule has 370 valence electrons. The lowest BCUT2D eigenvalue weighted by Gasteiger charge is -2.45. The maximum Gasteiger partial charge on any atom is 0.411 e. The van der Waals surface area contributed by atoms with Crippen LogP contribution in [0.2, 0.25) is 0 Å². The van der Waals surface area contributed by atoms with Gasteiger partial charge < -0.3 is 29.2 Å². The van der Waals surface area contributed by atoms with E-state index in [1.54, 1.807) is 180 Å². The summed E-state index contributed by atoms with van der Waals surface area (Å²) < 4.78 is 62.1. The second kappa shape index (κ2) is 22.9. The van der Waals surface area contributed by atoms with Crippen molar-refractivity contribution in [3.63, 3.8) is 0 Å². The zero-order valence-electron chi connectivity index (χ0n) is 44.6. The third-order valence-corrected chi connectivity index (χ3v) is 11.7. The number of hydrogen-bond donors (Lipinski definition) is 2. The number of esters is 2. The number of carbonyl (C=O) groups excluding carboxylic acids is 4. The Bertz CT molecular complexity index is 2500. The average Bonchev–Trinajstić information content (AvgIpc) is 3.33. The van der Waals surface area contributed by atoms with Crippen molar-refractivity contribution in [2.45, 2.75) is 133 Å². The predicted octanol–water partition coefficient (Wildman–Crippen LogP) is 10.1. The van der Waals surface area contributed by atoms with Crippen LogP contribution in [-0.4, -0.2) is 97.6 Å². The topological polar surface area (TPSA) is 155 Å². The molecular weight excluding hydrogens is 887 g/mol. The number of aliphatic hydroxyl groups is 2. The molecule has 13 nitrogen and oxygen atoms in total. The summed E-state index contributed by atoms with van der Waals surface area (Å²) in [5.74, 6) is -2.08. The fourth-order valence-corrected chi connectivity index (χ4v) is 8.80. The number of rotatable bonds is 16. The zero-order valence-corrected chi connectivity index (χ0v) is 40.6. The monoisotopic (exact) mass is 958 g/mol. The Morgan fingerprint density at radius 1 is 0.557 bits per heavy atom. The number of aliphatic hydroxyl groups excluding tert-OH is 2. The molecule has 5 aromatic rings. The molecule has 2 amide bonds. The molecule has 0 aromatic heterocycles. The minimum Gasteiger partial charge on any atom is -0.453 e. The number of amides is 2. The summed E-state index contributed by atoms with van der Waals surface area (Å²) in [6.07, 6.45) is -13.9. The molecule has 0 aliphatic carbocycles. The van der Waals surface area contributed by atoms with Crippen LogP contribution in [0.3, 0.4) is 0 Å². The van der Waals surface area contributed by atoms with Gasteiger partial charge in [0.25, 0.3) is 0 Å². The third kappa shape index (κ3) is 13.4. The number of morpholine rings is 2.